The Balaban J connectivity index is 2.26. The zero-order valence-corrected chi connectivity index (χ0v) is 15.1. The maximum atomic E-state index is 6.41. The Bertz CT molecular complexity index is 251. The van der Waals surface area contributed by atoms with Crippen LogP contribution in [0.5, 0.6) is 0 Å². The predicted molar refractivity (Wildman–Crippen MR) is 92.9 cm³/mol. The normalized spacial score (nSPS) is 18.9. The standard InChI is InChI=1S/C19H39NO/c1-5-6-7-8-9-13-16-21-19(14-11-10-12-15-19)17-20-18(2,3)4/h20H,5-17H2,1-4H3. The highest BCUT2D eigenvalue weighted by molar-refractivity contribution is 4.89. The molecule has 1 N–H and O–H groups in total. The molecule has 1 saturated carbocycles. The van der Waals surface area contributed by atoms with Crippen molar-refractivity contribution in [3.63, 3.8) is 0 Å². The number of unbranched alkanes of at least 4 members (excludes halogenated alkanes) is 5. The second kappa shape index (κ2) is 9.84. The molecule has 0 unspecified atom stereocenters. The number of ether oxygens (including phenoxy) is 1. The molecule has 1 aliphatic rings. The first-order valence-electron chi connectivity index (χ1n) is 9.36. The van der Waals surface area contributed by atoms with Crippen LogP contribution in [-0.2, 0) is 4.74 Å². The Hall–Kier alpha value is -0.0800. The molecular formula is C19H39NO. The van der Waals surface area contributed by atoms with Crippen molar-refractivity contribution >= 4 is 0 Å². The highest BCUT2D eigenvalue weighted by Gasteiger charge is 2.33. The fourth-order valence-electron chi connectivity index (χ4n) is 3.17. The summed E-state index contributed by atoms with van der Waals surface area (Å²) in [7, 11) is 0. The van der Waals surface area contributed by atoms with E-state index in [1.54, 1.807) is 0 Å². The summed E-state index contributed by atoms with van der Waals surface area (Å²) in [5.74, 6) is 0. The maximum absolute atomic E-state index is 6.41. The molecule has 0 heterocycles. The lowest BCUT2D eigenvalue weighted by molar-refractivity contribution is -0.0725. The van der Waals surface area contributed by atoms with Crippen molar-refractivity contribution in [3.05, 3.63) is 0 Å². The highest BCUT2D eigenvalue weighted by atomic mass is 16.5. The lowest BCUT2D eigenvalue weighted by atomic mass is 9.84. The van der Waals surface area contributed by atoms with Crippen molar-refractivity contribution in [2.75, 3.05) is 13.2 Å². The summed E-state index contributed by atoms with van der Waals surface area (Å²) in [6, 6.07) is 0. The van der Waals surface area contributed by atoms with Gasteiger partial charge in [0.2, 0.25) is 0 Å². The smallest absolute Gasteiger partial charge is 0.0806 e. The van der Waals surface area contributed by atoms with E-state index in [0.717, 1.165) is 13.2 Å². The molecule has 2 nitrogen and oxygen atoms in total. The second-order valence-corrected chi connectivity index (χ2v) is 7.96. The molecule has 0 spiro atoms. The Labute approximate surface area is 133 Å². The van der Waals surface area contributed by atoms with Crippen LogP contribution in [-0.4, -0.2) is 24.3 Å². The van der Waals surface area contributed by atoms with Crippen molar-refractivity contribution < 1.29 is 4.74 Å². The van der Waals surface area contributed by atoms with Crippen molar-refractivity contribution in [1.82, 2.24) is 5.32 Å². The molecule has 0 aromatic heterocycles. The summed E-state index contributed by atoms with van der Waals surface area (Å²) in [4.78, 5) is 0. The fourth-order valence-corrected chi connectivity index (χ4v) is 3.17. The zero-order chi connectivity index (χ0) is 15.6. The number of hydrogen-bond donors (Lipinski definition) is 1. The van der Waals surface area contributed by atoms with Crippen LogP contribution in [0.25, 0.3) is 0 Å². The van der Waals surface area contributed by atoms with E-state index in [0.29, 0.717) is 0 Å². The predicted octanol–water partition coefficient (Wildman–Crippen LogP) is 5.45. The molecular weight excluding hydrogens is 258 g/mol. The molecule has 1 aliphatic carbocycles. The Morgan fingerprint density at radius 3 is 2.14 bits per heavy atom. The monoisotopic (exact) mass is 297 g/mol. The van der Waals surface area contributed by atoms with E-state index < -0.39 is 0 Å². The minimum Gasteiger partial charge on any atom is -0.374 e. The van der Waals surface area contributed by atoms with E-state index >= 15 is 0 Å². The van der Waals surface area contributed by atoms with Crippen LogP contribution in [0.2, 0.25) is 0 Å². The van der Waals surface area contributed by atoms with Gasteiger partial charge >= 0.3 is 0 Å². The van der Waals surface area contributed by atoms with E-state index in [9.17, 15) is 0 Å². The van der Waals surface area contributed by atoms with Gasteiger partial charge in [-0.2, -0.15) is 0 Å². The molecule has 0 radical (unpaired) electrons. The summed E-state index contributed by atoms with van der Waals surface area (Å²) in [5.41, 5.74) is 0.308. The van der Waals surface area contributed by atoms with Crippen molar-refractivity contribution in [1.29, 1.82) is 0 Å². The van der Waals surface area contributed by atoms with Crippen LogP contribution < -0.4 is 5.32 Å². The van der Waals surface area contributed by atoms with Crippen LogP contribution in [0.1, 0.15) is 98.3 Å². The molecule has 0 saturated heterocycles. The third-order valence-electron chi connectivity index (χ3n) is 4.61. The van der Waals surface area contributed by atoms with Crippen LogP contribution in [0.3, 0.4) is 0 Å². The Morgan fingerprint density at radius 1 is 0.905 bits per heavy atom. The van der Waals surface area contributed by atoms with Crippen LogP contribution in [0.4, 0.5) is 0 Å². The van der Waals surface area contributed by atoms with Gasteiger partial charge in [0.05, 0.1) is 5.60 Å². The minimum atomic E-state index is 0.120. The largest absolute Gasteiger partial charge is 0.374 e. The van der Waals surface area contributed by atoms with Gasteiger partial charge < -0.3 is 10.1 Å². The molecule has 21 heavy (non-hydrogen) atoms. The molecule has 126 valence electrons. The van der Waals surface area contributed by atoms with Crippen molar-refractivity contribution in [2.24, 2.45) is 0 Å². The number of hydrogen-bond acceptors (Lipinski definition) is 2. The third kappa shape index (κ3) is 8.83. The fraction of sp³-hybridized carbons (Fsp3) is 1.00. The first kappa shape index (κ1) is 19.0. The summed E-state index contributed by atoms with van der Waals surface area (Å²) in [6.45, 7) is 11.0. The van der Waals surface area contributed by atoms with Crippen LogP contribution >= 0.6 is 0 Å². The van der Waals surface area contributed by atoms with E-state index in [4.69, 9.17) is 4.74 Å². The first-order valence-corrected chi connectivity index (χ1v) is 9.36. The average Bonchev–Trinajstić information content (AvgIpc) is 2.45. The summed E-state index contributed by atoms with van der Waals surface area (Å²) in [6.07, 6.45) is 14.6. The minimum absolute atomic E-state index is 0.120. The molecule has 0 atom stereocenters. The molecule has 1 fully saturated rings. The van der Waals surface area contributed by atoms with Crippen LogP contribution in [0, 0.1) is 0 Å². The number of nitrogens with one attached hydrogen (secondary N) is 1. The van der Waals surface area contributed by atoms with Gasteiger partial charge in [0.25, 0.3) is 0 Å². The van der Waals surface area contributed by atoms with Gasteiger partial charge in [-0.05, 0) is 40.0 Å². The molecule has 0 aliphatic heterocycles. The summed E-state index contributed by atoms with van der Waals surface area (Å²) in [5, 5.41) is 3.68. The lowest BCUT2D eigenvalue weighted by Gasteiger charge is -2.39. The van der Waals surface area contributed by atoms with Gasteiger partial charge in [0.15, 0.2) is 0 Å². The van der Waals surface area contributed by atoms with E-state index in [1.165, 1.54) is 70.6 Å². The maximum Gasteiger partial charge on any atom is 0.0806 e. The topological polar surface area (TPSA) is 21.3 Å². The molecule has 0 bridgehead atoms. The second-order valence-electron chi connectivity index (χ2n) is 7.96. The summed E-state index contributed by atoms with van der Waals surface area (Å²) >= 11 is 0. The molecule has 0 aromatic rings. The Morgan fingerprint density at radius 2 is 1.52 bits per heavy atom. The van der Waals surface area contributed by atoms with Crippen molar-refractivity contribution in [3.8, 4) is 0 Å². The first-order chi connectivity index (χ1) is 9.97. The Kier molecular flexibility index (Phi) is 8.89. The van der Waals surface area contributed by atoms with Crippen molar-refractivity contribution in [2.45, 2.75) is 109 Å². The van der Waals surface area contributed by atoms with Gasteiger partial charge in [-0.15, -0.1) is 0 Å². The lowest BCUT2D eigenvalue weighted by Crippen LogP contribution is -2.50. The summed E-state index contributed by atoms with van der Waals surface area (Å²) < 4.78 is 6.41. The molecule has 1 rings (SSSR count). The van der Waals surface area contributed by atoms with Gasteiger partial charge in [0.1, 0.15) is 0 Å². The van der Waals surface area contributed by atoms with E-state index in [-0.39, 0.29) is 11.1 Å². The highest BCUT2D eigenvalue weighted by Crippen LogP contribution is 2.32. The van der Waals surface area contributed by atoms with Gasteiger partial charge in [-0.3, -0.25) is 0 Å². The quantitative estimate of drug-likeness (QED) is 0.541. The number of rotatable bonds is 10. The van der Waals surface area contributed by atoms with Gasteiger partial charge in [-0.25, -0.2) is 0 Å². The molecule has 2 heteroatoms. The molecule has 0 amide bonds. The zero-order valence-electron chi connectivity index (χ0n) is 15.1. The van der Waals surface area contributed by atoms with Crippen LogP contribution in [0.15, 0.2) is 0 Å². The van der Waals surface area contributed by atoms with E-state index in [1.807, 2.05) is 0 Å². The SMILES string of the molecule is CCCCCCCCOC1(CNC(C)(C)C)CCCCC1. The van der Waals surface area contributed by atoms with Gasteiger partial charge in [0, 0.05) is 18.7 Å². The molecule has 0 aromatic carbocycles. The third-order valence-corrected chi connectivity index (χ3v) is 4.61. The van der Waals surface area contributed by atoms with Gasteiger partial charge in [-0.1, -0.05) is 58.3 Å². The van der Waals surface area contributed by atoms with E-state index in [2.05, 4.69) is 33.0 Å². The average molecular weight is 298 g/mol.